The highest BCUT2D eigenvalue weighted by atomic mass is 35.5. The van der Waals surface area contributed by atoms with Crippen molar-refractivity contribution < 1.29 is 9.47 Å². The van der Waals surface area contributed by atoms with Crippen molar-refractivity contribution in [2.24, 2.45) is 0 Å². The van der Waals surface area contributed by atoms with E-state index in [4.69, 9.17) is 9.47 Å². The molecule has 1 aromatic heterocycles. The zero-order valence-corrected chi connectivity index (χ0v) is 9.29. The average molecular weight is 232 g/mol. The summed E-state index contributed by atoms with van der Waals surface area (Å²) in [5, 5.41) is 3.21. The van der Waals surface area contributed by atoms with Crippen LogP contribution < -0.4 is 14.8 Å². The van der Waals surface area contributed by atoms with Gasteiger partial charge in [0.2, 0.25) is 5.88 Å². The van der Waals surface area contributed by atoms with Crippen LogP contribution in [0.15, 0.2) is 12.3 Å². The van der Waals surface area contributed by atoms with Crippen LogP contribution in [-0.2, 0) is 0 Å². The largest absolute Gasteiger partial charge is 0.481 e. The summed E-state index contributed by atoms with van der Waals surface area (Å²) in [5.41, 5.74) is 0. The summed E-state index contributed by atoms with van der Waals surface area (Å²) in [6, 6.07) is 2.08. The van der Waals surface area contributed by atoms with E-state index in [0.29, 0.717) is 11.9 Å². The summed E-state index contributed by atoms with van der Waals surface area (Å²) >= 11 is 0. The highest BCUT2D eigenvalue weighted by Crippen LogP contribution is 2.12. The molecular weight excluding hydrogens is 218 g/mol. The molecule has 1 unspecified atom stereocenters. The Balaban J connectivity index is 0.00000112. The van der Waals surface area contributed by atoms with Crippen LogP contribution in [0.1, 0.15) is 6.42 Å². The molecule has 1 atom stereocenters. The molecule has 0 aliphatic carbocycles. The fourth-order valence-corrected chi connectivity index (χ4v) is 1.37. The molecule has 1 aromatic rings. The highest BCUT2D eigenvalue weighted by molar-refractivity contribution is 5.85. The number of hydrogen-bond donors (Lipinski definition) is 1. The lowest BCUT2D eigenvalue weighted by Crippen LogP contribution is -2.20. The van der Waals surface area contributed by atoms with Gasteiger partial charge in [0, 0.05) is 18.8 Å². The zero-order chi connectivity index (χ0) is 9.80. The first-order valence-corrected chi connectivity index (χ1v) is 4.63. The van der Waals surface area contributed by atoms with E-state index < -0.39 is 0 Å². The molecule has 0 bridgehead atoms. The minimum absolute atomic E-state index is 0. The number of aromatic nitrogens is 2. The Kier molecular flexibility index (Phi) is 4.58. The lowest BCUT2D eigenvalue weighted by Gasteiger charge is -2.10. The van der Waals surface area contributed by atoms with Crippen molar-refractivity contribution in [1.29, 1.82) is 0 Å². The van der Waals surface area contributed by atoms with E-state index in [9.17, 15) is 0 Å². The van der Waals surface area contributed by atoms with Gasteiger partial charge < -0.3 is 14.8 Å². The highest BCUT2D eigenvalue weighted by Gasteiger charge is 2.17. The van der Waals surface area contributed by atoms with E-state index in [-0.39, 0.29) is 18.5 Å². The van der Waals surface area contributed by atoms with Crippen molar-refractivity contribution in [3.05, 3.63) is 12.3 Å². The maximum absolute atomic E-state index is 5.55. The van der Waals surface area contributed by atoms with E-state index >= 15 is 0 Å². The van der Waals surface area contributed by atoms with Crippen LogP contribution in [0.2, 0.25) is 0 Å². The lowest BCUT2D eigenvalue weighted by atomic mass is 10.3. The molecule has 0 amide bonds. The molecule has 15 heavy (non-hydrogen) atoms. The van der Waals surface area contributed by atoms with Crippen LogP contribution in [0.5, 0.6) is 11.9 Å². The standard InChI is InChI=1S/C9H13N3O2.ClH/c1-13-8-3-5-11-9(12-8)14-7-2-4-10-6-7;/h3,5,7,10H,2,4,6H2,1H3;1H. The van der Waals surface area contributed by atoms with E-state index in [0.717, 1.165) is 19.5 Å². The normalized spacial score (nSPS) is 19.4. The van der Waals surface area contributed by atoms with Crippen LogP contribution in [0, 0.1) is 0 Å². The molecule has 6 heteroatoms. The third-order valence-corrected chi connectivity index (χ3v) is 2.10. The topological polar surface area (TPSA) is 56.3 Å². The van der Waals surface area contributed by atoms with Crippen molar-refractivity contribution in [2.75, 3.05) is 20.2 Å². The molecule has 2 rings (SSSR count). The molecular formula is C9H14ClN3O2. The van der Waals surface area contributed by atoms with Gasteiger partial charge >= 0.3 is 6.01 Å². The lowest BCUT2D eigenvalue weighted by molar-refractivity contribution is 0.201. The molecule has 0 saturated carbocycles. The number of halogens is 1. The Morgan fingerprint density at radius 1 is 1.53 bits per heavy atom. The molecule has 0 spiro atoms. The minimum Gasteiger partial charge on any atom is -0.481 e. The maximum atomic E-state index is 5.55. The van der Waals surface area contributed by atoms with Gasteiger partial charge in [-0.3, -0.25) is 0 Å². The van der Waals surface area contributed by atoms with Crippen molar-refractivity contribution in [2.45, 2.75) is 12.5 Å². The van der Waals surface area contributed by atoms with Gasteiger partial charge in [-0.2, -0.15) is 4.98 Å². The van der Waals surface area contributed by atoms with Gasteiger partial charge in [0.1, 0.15) is 6.10 Å². The van der Waals surface area contributed by atoms with Gasteiger partial charge in [0.05, 0.1) is 7.11 Å². The van der Waals surface area contributed by atoms with Crippen molar-refractivity contribution in [1.82, 2.24) is 15.3 Å². The average Bonchev–Trinajstić information content (AvgIpc) is 2.71. The molecule has 84 valence electrons. The molecule has 0 radical (unpaired) electrons. The summed E-state index contributed by atoms with van der Waals surface area (Å²) in [4.78, 5) is 8.08. The Morgan fingerprint density at radius 2 is 2.40 bits per heavy atom. The Hall–Kier alpha value is -1.07. The summed E-state index contributed by atoms with van der Waals surface area (Å²) in [6.07, 6.45) is 2.81. The first-order valence-electron chi connectivity index (χ1n) is 4.63. The first kappa shape index (κ1) is 12.0. The van der Waals surface area contributed by atoms with E-state index in [1.54, 1.807) is 19.4 Å². The SMILES string of the molecule is COc1ccnc(OC2CCNC2)n1.Cl. The third-order valence-electron chi connectivity index (χ3n) is 2.10. The number of hydrogen-bond acceptors (Lipinski definition) is 5. The van der Waals surface area contributed by atoms with Crippen LogP contribution in [-0.4, -0.2) is 36.3 Å². The van der Waals surface area contributed by atoms with E-state index in [1.807, 2.05) is 0 Å². The first-order chi connectivity index (χ1) is 6.88. The molecule has 1 aliphatic heterocycles. The predicted octanol–water partition coefficient (Wildman–Crippen LogP) is 0.648. The molecule has 1 N–H and O–H groups in total. The molecule has 1 saturated heterocycles. The second-order valence-electron chi connectivity index (χ2n) is 3.11. The third kappa shape index (κ3) is 3.21. The van der Waals surface area contributed by atoms with Crippen LogP contribution >= 0.6 is 12.4 Å². The van der Waals surface area contributed by atoms with Crippen LogP contribution in [0.25, 0.3) is 0 Å². The molecule has 1 fully saturated rings. The number of methoxy groups -OCH3 is 1. The van der Waals surface area contributed by atoms with E-state index in [2.05, 4.69) is 15.3 Å². The summed E-state index contributed by atoms with van der Waals surface area (Å²) in [7, 11) is 1.57. The van der Waals surface area contributed by atoms with Crippen molar-refractivity contribution in [3.63, 3.8) is 0 Å². The zero-order valence-electron chi connectivity index (χ0n) is 8.47. The van der Waals surface area contributed by atoms with Gasteiger partial charge in [-0.25, -0.2) is 4.98 Å². The smallest absolute Gasteiger partial charge is 0.319 e. The Labute approximate surface area is 94.6 Å². The quantitative estimate of drug-likeness (QED) is 0.828. The summed E-state index contributed by atoms with van der Waals surface area (Å²) in [5.74, 6) is 0.529. The molecule has 5 nitrogen and oxygen atoms in total. The Bertz CT molecular complexity index is 305. The number of nitrogens with one attached hydrogen (secondary N) is 1. The van der Waals surface area contributed by atoms with Gasteiger partial charge in [-0.05, 0) is 13.0 Å². The van der Waals surface area contributed by atoms with Crippen molar-refractivity contribution in [3.8, 4) is 11.9 Å². The minimum atomic E-state index is 0. The molecule has 0 aromatic carbocycles. The Morgan fingerprint density at radius 3 is 3.07 bits per heavy atom. The fourth-order valence-electron chi connectivity index (χ4n) is 1.37. The van der Waals surface area contributed by atoms with E-state index in [1.165, 1.54) is 0 Å². The van der Waals surface area contributed by atoms with Gasteiger partial charge in [-0.15, -0.1) is 12.4 Å². The second kappa shape index (κ2) is 5.72. The van der Waals surface area contributed by atoms with Crippen LogP contribution in [0.4, 0.5) is 0 Å². The van der Waals surface area contributed by atoms with Gasteiger partial charge in [-0.1, -0.05) is 0 Å². The number of ether oxygens (including phenoxy) is 2. The summed E-state index contributed by atoms with van der Waals surface area (Å²) in [6.45, 7) is 1.86. The van der Waals surface area contributed by atoms with Crippen molar-refractivity contribution >= 4 is 12.4 Å². The summed E-state index contributed by atoms with van der Waals surface area (Å²) < 4.78 is 10.5. The maximum Gasteiger partial charge on any atom is 0.319 e. The molecule has 2 heterocycles. The number of nitrogens with zero attached hydrogens (tertiary/aromatic N) is 2. The second-order valence-corrected chi connectivity index (χ2v) is 3.11. The predicted molar refractivity (Wildman–Crippen MR) is 57.7 cm³/mol. The fraction of sp³-hybridized carbons (Fsp3) is 0.556. The monoisotopic (exact) mass is 231 g/mol. The number of rotatable bonds is 3. The van der Waals surface area contributed by atoms with Gasteiger partial charge in [0.25, 0.3) is 0 Å². The van der Waals surface area contributed by atoms with Gasteiger partial charge in [0.15, 0.2) is 0 Å². The van der Waals surface area contributed by atoms with Crippen LogP contribution in [0.3, 0.4) is 0 Å². The molecule has 1 aliphatic rings.